The Morgan fingerprint density at radius 1 is 1.05 bits per heavy atom. The normalized spacial score (nSPS) is 24.0. The van der Waals surface area contributed by atoms with Gasteiger partial charge in [0.1, 0.15) is 17.9 Å². The molecule has 0 aromatic heterocycles. The second-order valence-corrected chi connectivity index (χ2v) is 13.4. The zero-order valence-corrected chi connectivity index (χ0v) is 26.0. The van der Waals surface area contributed by atoms with Gasteiger partial charge in [-0.15, -0.1) is 0 Å². The summed E-state index contributed by atoms with van der Waals surface area (Å²) >= 11 is 6.22. The van der Waals surface area contributed by atoms with Gasteiger partial charge in [-0.2, -0.15) is 5.26 Å². The summed E-state index contributed by atoms with van der Waals surface area (Å²) < 4.78 is 12.4. The Hall–Kier alpha value is -2.83. The maximum atomic E-state index is 13.3. The van der Waals surface area contributed by atoms with Gasteiger partial charge in [0.2, 0.25) is 0 Å². The third kappa shape index (κ3) is 6.55. The number of piperidine rings is 1. The highest BCUT2D eigenvalue weighted by Crippen LogP contribution is 2.55. The van der Waals surface area contributed by atoms with Crippen LogP contribution in [0.4, 0.5) is 5.69 Å². The van der Waals surface area contributed by atoms with E-state index in [0.717, 1.165) is 70.9 Å². The van der Waals surface area contributed by atoms with Gasteiger partial charge in [0.15, 0.2) is 0 Å². The fourth-order valence-electron chi connectivity index (χ4n) is 7.17. The molecule has 0 spiro atoms. The number of rotatable bonds is 9. The lowest BCUT2D eigenvalue weighted by molar-refractivity contribution is -0.164. The number of ether oxygens (including phenoxy) is 2. The summed E-state index contributed by atoms with van der Waals surface area (Å²) in [5, 5.41) is 16.2. The number of carbonyl (C=O) groups is 1. The van der Waals surface area contributed by atoms with E-state index in [1.807, 2.05) is 12.1 Å². The Kier molecular flexibility index (Phi) is 9.34. The molecule has 3 aliphatic rings. The number of nitrogens with zero attached hydrogens (tertiary/aromatic N) is 3. The van der Waals surface area contributed by atoms with Crippen molar-refractivity contribution in [2.45, 2.75) is 58.8 Å². The number of nitriles is 1. The van der Waals surface area contributed by atoms with Crippen molar-refractivity contribution in [1.29, 1.82) is 5.26 Å². The Balaban J connectivity index is 1.11. The van der Waals surface area contributed by atoms with Gasteiger partial charge >= 0.3 is 0 Å². The molecule has 0 radical (unpaired) electrons. The van der Waals surface area contributed by atoms with Gasteiger partial charge in [-0.05, 0) is 62.3 Å². The molecule has 0 unspecified atom stereocenters. The zero-order valence-electron chi connectivity index (χ0n) is 25.3. The quantitative estimate of drug-likeness (QED) is 0.435. The molecule has 2 heterocycles. The van der Waals surface area contributed by atoms with E-state index in [2.05, 4.69) is 66.3 Å². The SMILES string of the molecule is CC1(C)[C@H](NC(=O)c2ccc(N3CCN(CCOC4CCNCC4)CC3)cc2)C(C)(C)[C@H]1Oc1ccc(C#N)c(Cl)c1. The first-order chi connectivity index (χ1) is 20.1. The Morgan fingerprint density at radius 2 is 1.71 bits per heavy atom. The molecule has 0 atom stereocenters. The van der Waals surface area contributed by atoms with E-state index in [9.17, 15) is 4.79 Å². The van der Waals surface area contributed by atoms with E-state index in [0.29, 0.717) is 28.0 Å². The summed E-state index contributed by atoms with van der Waals surface area (Å²) in [4.78, 5) is 18.2. The third-order valence-corrected chi connectivity index (χ3v) is 9.66. The molecule has 2 saturated heterocycles. The van der Waals surface area contributed by atoms with Crippen LogP contribution in [0.15, 0.2) is 42.5 Å². The van der Waals surface area contributed by atoms with Crippen LogP contribution in [0.5, 0.6) is 5.75 Å². The van der Waals surface area contributed by atoms with Crippen molar-refractivity contribution in [1.82, 2.24) is 15.5 Å². The second kappa shape index (κ2) is 12.8. The summed E-state index contributed by atoms with van der Waals surface area (Å²) in [7, 11) is 0. The number of benzene rings is 2. The van der Waals surface area contributed by atoms with E-state index in [1.54, 1.807) is 18.2 Å². The number of anilines is 1. The first-order valence-corrected chi connectivity index (χ1v) is 15.5. The van der Waals surface area contributed by atoms with Crippen LogP contribution in [0, 0.1) is 22.2 Å². The summed E-state index contributed by atoms with van der Waals surface area (Å²) in [5.41, 5.74) is 1.61. The van der Waals surface area contributed by atoms with Crippen molar-refractivity contribution in [3.8, 4) is 11.8 Å². The van der Waals surface area contributed by atoms with Crippen LogP contribution >= 0.6 is 11.6 Å². The highest BCUT2D eigenvalue weighted by atomic mass is 35.5. The third-order valence-electron chi connectivity index (χ3n) is 9.34. The van der Waals surface area contributed by atoms with E-state index in [4.69, 9.17) is 26.3 Å². The maximum absolute atomic E-state index is 13.3. The van der Waals surface area contributed by atoms with Gasteiger partial charge in [-0.3, -0.25) is 9.69 Å². The smallest absolute Gasteiger partial charge is 0.251 e. The van der Waals surface area contributed by atoms with Crippen LogP contribution in [-0.4, -0.2) is 81.5 Å². The average Bonchev–Trinajstić information content (AvgIpc) is 2.99. The van der Waals surface area contributed by atoms with Crippen LogP contribution in [0.1, 0.15) is 56.5 Å². The summed E-state index contributed by atoms with van der Waals surface area (Å²) in [6.45, 7) is 16.3. The van der Waals surface area contributed by atoms with Crippen LogP contribution in [0.2, 0.25) is 5.02 Å². The lowest BCUT2D eigenvalue weighted by atomic mass is 9.49. The highest BCUT2D eigenvalue weighted by molar-refractivity contribution is 6.31. The molecule has 2 aliphatic heterocycles. The molecule has 226 valence electrons. The molecule has 1 saturated carbocycles. The van der Waals surface area contributed by atoms with Crippen molar-refractivity contribution in [3.63, 3.8) is 0 Å². The molecule has 2 aromatic carbocycles. The molecular formula is C33H44ClN5O3. The lowest BCUT2D eigenvalue weighted by Crippen LogP contribution is -2.74. The molecule has 0 bridgehead atoms. The predicted molar refractivity (Wildman–Crippen MR) is 166 cm³/mol. The van der Waals surface area contributed by atoms with E-state index in [-0.39, 0.29) is 28.9 Å². The number of nitrogens with one attached hydrogen (secondary N) is 2. The van der Waals surface area contributed by atoms with Gasteiger partial charge < -0.3 is 25.0 Å². The van der Waals surface area contributed by atoms with Crippen molar-refractivity contribution in [2.75, 3.05) is 57.3 Å². The highest BCUT2D eigenvalue weighted by Gasteiger charge is 2.64. The Morgan fingerprint density at radius 3 is 2.33 bits per heavy atom. The topological polar surface area (TPSA) is 89.9 Å². The summed E-state index contributed by atoms with van der Waals surface area (Å²) in [5.74, 6) is 0.544. The predicted octanol–water partition coefficient (Wildman–Crippen LogP) is 4.71. The molecule has 42 heavy (non-hydrogen) atoms. The van der Waals surface area contributed by atoms with Gasteiger partial charge in [-0.1, -0.05) is 39.3 Å². The lowest BCUT2D eigenvalue weighted by Gasteiger charge is -2.63. The summed E-state index contributed by atoms with van der Waals surface area (Å²) in [6, 6.07) is 15.1. The van der Waals surface area contributed by atoms with Crippen LogP contribution < -0.4 is 20.3 Å². The van der Waals surface area contributed by atoms with Gasteiger partial charge in [0.05, 0.1) is 23.3 Å². The second-order valence-electron chi connectivity index (χ2n) is 13.0. The molecule has 9 heteroatoms. The van der Waals surface area contributed by atoms with Crippen LogP contribution in [0.25, 0.3) is 0 Å². The number of halogens is 1. The first kappa shape index (κ1) is 30.6. The number of amides is 1. The van der Waals surface area contributed by atoms with E-state index >= 15 is 0 Å². The number of hydrogen-bond donors (Lipinski definition) is 2. The minimum atomic E-state index is -0.308. The molecule has 1 aliphatic carbocycles. The molecular weight excluding hydrogens is 550 g/mol. The molecule has 1 amide bonds. The largest absolute Gasteiger partial charge is 0.489 e. The molecule has 8 nitrogen and oxygen atoms in total. The standard InChI is InChI=1S/C33H44ClN5O3/c1-32(2)30(33(3,4)31(32)42-27-10-7-24(22-35)28(34)21-27)37-29(40)23-5-8-25(9-6-23)39-17-15-38(16-18-39)19-20-41-26-11-13-36-14-12-26/h5-10,21,26,30-31,36H,11-20H2,1-4H3,(H,37,40)/t30-,31-. The maximum Gasteiger partial charge on any atom is 0.251 e. The minimum absolute atomic E-state index is 0.0777. The Labute approximate surface area is 255 Å². The average molecular weight is 594 g/mol. The first-order valence-electron chi connectivity index (χ1n) is 15.2. The monoisotopic (exact) mass is 593 g/mol. The molecule has 2 aromatic rings. The van der Waals surface area contributed by atoms with E-state index in [1.165, 1.54) is 0 Å². The van der Waals surface area contributed by atoms with Crippen LogP contribution in [-0.2, 0) is 4.74 Å². The molecule has 3 fully saturated rings. The summed E-state index contributed by atoms with van der Waals surface area (Å²) in [6.07, 6.45) is 2.50. The van der Waals surface area contributed by atoms with Gasteiger partial charge in [0, 0.05) is 66.9 Å². The van der Waals surface area contributed by atoms with E-state index < -0.39 is 0 Å². The fraction of sp³-hybridized carbons (Fsp3) is 0.576. The molecule has 2 N–H and O–H groups in total. The Bertz CT molecular complexity index is 1260. The van der Waals surface area contributed by atoms with Crippen molar-refractivity contribution >= 4 is 23.2 Å². The van der Waals surface area contributed by atoms with Gasteiger partial charge in [0.25, 0.3) is 5.91 Å². The van der Waals surface area contributed by atoms with Crippen molar-refractivity contribution in [2.24, 2.45) is 10.8 Å². The van der Waals surface area contributed by atoms with Crippen molar-refractivity contribution < 1.29 is 14.3 Å². The number of hydrogen-bond acceptors (Lipinski definition) is 7. The fourth-order valence-corrected chi connectivity index (χ4v) is 7.39. The number of piperazine rings is 1. The van der Waals surface area contributed by atoms with Crippen molar-refractivity contribution in [3.05, 3.63) is 58.6 Å². The van der Waals surface area contributed by atoms with Crippen LogP contribution in [0.3, 0.4) is 0 Å². The number of carbonyl (C=O) groups excluding carboxylic acids is 1. The van der Waals surface area contributed by atoms with Gasteiger partial charge in [-0.25, -0.2) is 0 Å². The zero-order chi connectivity index (χ0) is 29.9. The minimum Gasteiger partial charge on any atom is -0.489 e. The molecule has 5 rings (SSSR count).